The highest BCUT2D eigenvalue weighted by atomic mass is 15.8. The Morgan fingerprint density at radius 1 is 0.909 bits per heavy atom. The second-order valence-electron chi connectivity index (χ2n) is 8.87. The van der Waals surface area contributed by atoms with Crippen molar-refractivity contribution in [2.75, 3.05) is 6.54 Å². The minimum absolute atomic E-state index is 0.317. The van der Waals surface area contributed by atoms with Crippen LogP contribution in [0.15, 0.2) is 0 Å². The fourth-order valence-electron chi connectivity index (χ4n) is 7.45. The molecule has 5 unspecified atom stereocenters. The lowest BCUT2D eigenvalue weighted by Gasteiger charge is -2.56. The first-order valence-electron chi connectivity index (χ1n) is 10.1. The van der Waals surface area contributed by atoms with Gasteiger partial charge >= 0.3 is 0 Å². The fraction of sp³-hybridized carbons (Fsp3) is 1.00. The van der Waals surface area contributed by atoms with Gasteiger partial charge in [-0.1, -0.05) is 25.7 Å². The third kappa shape index (κ3) is 1.63. The second kappa shape index (κ2) is 4.94. The van der Waals surface area contributed by atoms with Crippen molar-refractivity contribution in [3.05, 3.63) is 0 Å². The lowest BCUT2D eigenvalue weighted by Crippen LogP contribution is -2.66. The summed E-state index contributed by atoms with van der Waals surface area (Å²) in [6.07, 6.45) is 18.1. The summed E-state index contributed by atoms with van der Waals surface area (Å²) in [5, 5.41) is 9.94. The molecule has 3 heteroatoms. The number of hydrogen-bond donors (Lipinski definition) is 1. The van der Waals surface area contributed by atoms with Gasteiger partial charge in [0.25, 0.3) is 0 Å². The molecule has 3 nitrogen and oxygen atoms in total. The minimum atomic E-state index is 0.317. The van der Waals surface area contributed by atoms with Gasteiger partial charge in [-0.05, 0) is 64.2 Å². The van der Waals surface area contributed by atoms with Gasteiger partial charge in [0.2, 0.25) is 0 Å². The average Bonchev–Trinajstić information content (AvgIpc) is 3.02. The van der Waals surface area contributed by atoms with Crippen molar-refractivity contribution in [1.82, 2.24) is 15.3 Å². The Kier molecular flexibility index (Phi) is 3.20. The van der Waals surface area contributed by atoms with E-state index in [1.807, 2.05) is 0 Å². The molecule has 5 rings (SSSR count). The van der Waals surface area contributed by atoms with Crippen molar-refractivity contribution in [3.8, 4) is 0 Å². The highest BCUT2D eigenvalue weighted by molar-refractivity contribution is 5.16. The minimum Gasteiger partial charge on any atom is -0.281 e. The molecule has 3 saturated heterocycles. The summed E-state index contributed by atoms with van der Waals surface area (Å²) in [6.45, 7) is 3.75. The van der Waals surface area contributed by atoms with Crippen LogP contribution in [0, 0.1) is 11.3 Å². The topological polar surface area (TPSA) is 18.5 Å². The van der Waals surface area contributed by atoms with E-state index in [0.29, 0.717) is 17.2 Å². The van der Waals surface area contributed by atoms with E-state index >= 15 is 0 Å². The van der Waals surface area contributed by atoms with Gasteiger partial charge in [0.05, 0.1) is 11.8 Å². The number of piperidine rings is 1. The number of nitrogens with zero attached hydrogens (tertiary/aromatic N) is 2. The molecule has 1 spiro atoms. The van der Waals surface area contributed by atoms with Crippen LogP contribution in [-0.4, -0.2) is 34.4 Å². The summed E-state index contributed by atoms with van der Waals surface area (Å²) < 4.78 is 0. The Bertz CT molecular complexity index is 444. The molecule has 3 heterocycles. The zero-order valence-corrected chi connectivity index (χ0v) is 14.3. The molecule has 2 saturated carbocycles. The van der Waals surface area contributed by atoms with E-state index in [2.05, 4.69) is 22.3 Å². The average molecular weight is 303 g/mol. The fourth-order valence-corrected chi connectivity index (χ4v) is 7.45. The highest BCUT2D eigenvalue weighted by Crippen LogP contribution is 2.63. The Balaban J connectivity index is 1.68. The molecule has 0 aromatic heterocycles. The maximum absolute atomic E-state index is 4.21. The maximum Gasteiger partial charge on any atom is 0.0920 e. The van der Waals surface area contributed by atoms with Crippen molar-refractivity contribution < 1.29 is 0 Å². The van der Waals surface area contributed by atoms with Crippen molar-refractivity contribution in [3.63, 3.8) is 0 Å². The summed E-state index contributed by atoms with van der Waals surface area (Å²) in [6, 6.07) is 0.815. The predicted octanol–water partition coefficient (Wildman–Crippen LogP) is 3.86. The highest BCUT2D eigenvalue weighted by Gasteiger charge is 2.67. The monoisotopic (exact) mass is 303 g/mol. The van der Waals surface area contributed by atoms with E-state index in [1.165, 1.54) is 83.6 Å². The van der Waals surface area contributed by atoms with Gasteiger partial charge in [-0.2, -0.15) is 0 Å². The number of hydrogen-bond acceptors (Lipinski definition) is 3. The van der Waals surface area contributed by atoms with Crippen LogP contribution in [0.3, 0.4) is 0 Å². The summed E-state index contributed by atoms with van der Waals surface area (Å²) in [5.41, 5.74) is 0.896. The number of fused-ring (bicyclic) bond motifs is 4. The van der Waals surface area contributed by atoms with Crippen molar-refractivity contribution >= 4 is 0 Å². The summed E-state index contributed by atoms with van der Waals surface area (Å²) >= 11 is 0. The zero-order chi connectivity index (χ0) is 14.8. The Morgan fingerprint density at radius 2 is 1.68 bits per heavy atom. The first kappa shape index (κ1) is 14.2. The van der Waals surface area contributed by atoms with Crippen molar-refractivity contribution in [2.24, 2.45) is 11.3 Å². The SMILES string of the molecule is CC1NC23CCCCN2N1C1CCCCC(C1)C31CCCC1. The quantitative estimate of drug-likeness (QED) is 0.733. The molecule has 0 aromatic rings. The van der Waals surface area contributed by atoms with Crippen molar-refractivity contribution in [2.45, 2.75) is 102 Å². The van der Waals surface area contributed by atoms with Crippen LogP contribution >= 0.6 is 0 Å². The maximum atomic E-state index is 4.21. The van der Waals surface area contributed by atoms with Crippen LogP contribution in [0.5, 0.6) is 0 Å². The molecule has 22 heavy (non-hydrogen) atoms. The second-order valence-corrected chi connectivity index (χ2v) is 8.87. The van der Waals surface area contributed by atoms with Gasteiger partial charge in [-0.25, -0.2) is 10.0 Å². The van der Waals surface area contributed by atoms with Crippen LogP contribution in [0.1, 0.15) is 84.0 Å². The van der Waals surface area contributed by atoms with Gasteiger partial charge in [0.1, 0.15) is 0 Å². The largest absolute Gasteiger partial charge is 0.281 e. The first-order chi connectivity index (χ1) is 10.8. The lowest BCUT2D eigenvalue weighted by atomic mass is 9.60. The molecule has 4 bridgehead atoms. The number of rotatable bonds is 0. The zero-order valence-electron chi connectivity index (χ0n) is 14.3. The van der Waals surface area contributed by atoms with Gasteiger partial charge in [-0.15, -0.1) is 0 Å². The van der Waals surface area contributed by atoms with E-state index in [0.717, 1.165) is 12.0 Å². The van der Waals surface area contributed by atoms with E-state index in [4.69, 9.17) is 0 Å². The molecule has 3 aliphatic heterocycles. The molecule has 5 aliphatic rings. The summed E-state index contributed by atoms with van der Waals surface area (Å²) in [5.74, 6) is 0.980. The third-order valence-corrected chi connectivity index (χ3v) is 8.09. The molecule has 124 valence electrons. The van der Waals surface area contributed by atoms with Crippen molar-refractivity contribution in [1.29, 1.82) is 0 Å². The van der Waals surface area contributed by atoms with E-state index in [1.54, 1.807) is 0 Å². The molecule has 1 N–H and O–H groups in total. The summed E-state index contributed by atoms with van der Waals surface area (Å²) in [7, 11) is 0. The van der Waals surface area contributed by atoms with Gasteiger partial charge in [-0.3, -0.25) is 5.32 Å². The Labute approximate surface area is 135 Å². The van der Waals surface area contributed by atoms with Crippen LogP contribution in [0.25, 0.3) is 0 Å². The van der Waals surface area contributed by atoms with E-state index < -0.39 is 0 Å². The van der Waals surface area contributed by atoms with Gasteiger partial charge < -0.3 is 0 Å². The van der Waals surface area contributed by atoms with E-state index in [9.17, 15) is 0 Å². The molecule has 0 radical (unpaired) electrons. The molecule has 0 amide bonds. The predicted molar refractivity (Wildman–Crippen MR) is 89.0 cm³/mol. The van der Waals surface area contributed by atoms with E-state index in [-0.39, 0.29) is 0 Å². The molecular weight excluding hydrogens is 270 g/mol. The Hall–Kier alpha value is -0.120. The molecule has 0 aromatic carbocycles. The number of hydrazine groups is 1. The standard InChI is InChI=1S/C19H33N3/c1-15-20-19-12-6-7-13-21(19)22(15)17-9-3-2-8-16(14-17)18(19)10-4-5-11-18/h15-17,20H,2-14H2,1H3. The number of nitrogens with one attached hydrogen (secondary N) is 1. The van der Waals surface area contributed by atoms with Crippen LogP contribution < -0.4 is 5.32 Å². The summed E-state index contributed by atoms with van der Waals surface area (Å²) in [4.78, 5) is 0. The van der Waals surface area contributed by atoms with Gasteiger partial charge in [0.15, 0.2) is 0 Å². The van der Waals surface area contributed by atoms with Gasteiger partial charge in [0, 0.05) is 18.0 Å². The smallest absolute Gasteiger partial charge is 0.0920 e. The molecular formula is C19H33N3. The van der Waals surface area contributed by atoms with Crippen LogP contribution in [-0.2, 0) is 0 Å². The molecule has 5 atom stereocenters. The van der Waals surface area contributed by atoms with Crippen LogP contribution in [0.2, 0.25) is 0 Å². The first-order valence-corrected chi connectivity index (χ1v) is 10.1. The third-order valence-electron chi connectivity index (χ3n) is 8.09. The normalized spacial score (nSPS) is 50.6. The van der Waals surface area contributed by atoms with Crippen LogP contribution in [0.4, 0.5) is 0 Å². The lowest BCUT2D eigenvalue weighted by molar-refractivity contribution is -0.147. The molecule has 2 aliphatic carbocycles. The Morgan fingerprint density at radius 3 is 2.55 bits per heavy atom. The molecule has 5 fully saturated rings.